The lowest BCUT2D eigenvalue weighted by atomic mass is 9.73. The number of rotatable bonds is 3. The molecule has 3 aliphatic heterocycles. The number of pyridine rings is 1. The van der Waals surface area contributed by atoms with E-state index in [2.05, 4.69) is 11.6 Å². The van der Waals surface area contributed by atoms with E-state index < -0.39 is 16.9 Å². The average molecular weight is 313 g/mol. The maximum absolute atomic E-state index is 15.5. The molecule has 0 saturated carbocycles. The molecule has 1 aromatic heterocycles. The fourth-order valence-corrected chi connectivity index (χ4v) is 4.51. The lowest BCUT2D eigenvalue weighted by Crippen LogP contribution is -2.63. The zero-order valence-electron chi connectivity index (χ0n) is 13.1. The second kappa shape index (κ2) is 5.39. The van der Waals surface area contributed by atoms with Crippen LogP contribution in [-0.4, -0.2) is 33.9 Å². The highest BCUT2D eigenvalue weighted by atomic mass is 19.2. The van der Waals surface area contributed by atoms with E-state index in [4.69, 9.17) is 0 Å². The Morgan fingerprint density at radius 2 is 2.17 bits per heavy atom. The van der Waals surface area contributed by atoms with Crippen LogP contribution in [0.15, 0.2) is 49.2 Å². The van der Waals surface area contributed by atoms with Gasteiger partial charge in [0.15, 0.2) is 6.04 Å². The first-order valence-electron chi connectivity index (χ1n) is 8.33. The van der Waals surface area contributed by atoms with Gasteiger partial charge in [-0.05, 0) is 28.1 Å². The number of piperidine rings is 3. The SMILES string of the molecule is C=CC1C[N+]2(F)CCC1CC2C(O)c1ccnc2ccccc12. The van der Waals surface area contributed by atoms with E-state index >= 15 is 4.48 Å². The Balaban J connectivity index is 1.72. The van der Waals surface area contributed by atoms with E-state index in [-0.39, 0.29) is 5.92 Å². The summed E-state index contributed by atoms with van der Waals surface area (Å²) in [5.41, 5.74) is 1.63. The highest BCUT2D eigenvalue weighted by Gasteiger charge is 2.56. The molecule has 0 radical (unpaired) electrons. The lowest BCUT2D eigenvalue weighted by molar-refractivity contribution is -1.09. The third-order valence-corrected chi connectivity index (χ3v) is 5.80. The van der Waals surface area contributed by atoms with Gasteiger partial charge in [0.25, 0.3) is 0 Å². The molecule has 3 fully saturated rings. The van der Waals surface area contributed by atoms with Gasteiger partial charge in [-0.1, -0.05) is 24.3 Å². The van der Waals surface area contributed by atoms with E-state index in [1.54, 1.807) is 6.20 Å². The minimum atomic E-state index is -0.804. The van der Waals surface area contributed by atoms with Crippen molar-refractivity contribution in [2.24, 2.45) is 11.8 Å². The van der Waals surface area contributed by atoms with Gasteiger partial charge in [0.05, 0.1) is 5.52 Å². The van der Waals surface area contributed by atoms with Crippen LogP contribution in [0.4, 0.5) is 4.48 Å². The molecule has 0 amide bonds. The van der Waals surface area contributed by atoms with Crippen molar-refractivity contribution < 1.29 is 14.3 Å². The molecule has 1 aromatic carbocycles. The molecule has 5 atom stereocenters. The van der Waals surface area contributed by atoms with Crippen molar-refractivity contribution in [1.29, 1.82) is 0 Å². The molecule has 3 saturated heterocycles. The van der Waals surface area contributed by atoms with Crippen LogP contribution in [0.1, 0.15) is 24.5 Å². The summed E-state index contributed by atoms with van der Waals surface area (Å²) in [7, 11) is 0. The average Bonchev–Trinajstić information content (AvgIpc) is 2.60. The Kier molecular flexibility index (Phi) is 3.47. The summed E-state index contributed by atoms with van der Waals surface area (Å²) in [5, 5.41) is 11.9. The van der Waals surface area contributed by atoms with E-state index in [1.165, 1.54) is 0 Å². The monoisotopic (exact) mass is 313 g/mol. The van der Waals surface area contributed by atoms with Crippen LogP contribution in [0.3, 0.4) is 0 Å². The molecule has 2 bridgehead atoms. The number of hydrogen-bond donors (Lipinski definition) is 1. The Bertz CT molecular complexity index is 744. The number of nitrogens with zero attached hydrogens (tertiary/aromatic N) is 2. The molecule has 5 unspecified atom stereocenters. The Morgan fingerprint density at radius 1 is 1.35 bits per heavy atom. The van der Waals surface area contributed by atoms with Gasteiger partial charge in [-0.15, -0.1) is 11.3 Å². The molecule has 2 aromatic rings. The molecule has 120 valence electrons. The second-order valence-corrected chi connectivity index (χ2v) is 6.95. The van der Waals surface area contributed by atoms with Gasteiger partial charge in [0, 0.05) is 30.3 Å². The number of hydrogen-bond acceptors (Lipinski definition) is 2. The fourth-order valence-electron chi connectivity index (χ4n) is 4.51. The number of quaternary nitrogens is 1. The molecule has 1 N–H and O–H groups in total. The van der Waals surface area contributed by atoms with Gasteiger partial charge < -0.3 is 5.11 Å². The van der Waals surface area contributed by atoms with Gasteiger partial charge in [0.2, 0.25) is 0 Å². The highest BCUT2D eigenvalue weighted by molar-refractivity contribution is 5.82. The number of aromatic nitrogens is 1. The minimum absolute atomic E-state index is 0.228. The summed E-state index contributed by atoms with van der Waals surface area (Å²) in [4.78, 5) is 4.34. The zero-order valence-corrected chi connectivity index (χ0v) is 13.1. The molecular formula is C19H22FN2O+. The fraction of sp³-hybridized carbons (Fsp3) is 0.421. The third kappa shape index (κ3) is 2.28. The molecule has 0 spiro atoms. The predicted molar refractivity (Wildman–Crippen MR) is 88.0 cm³/mol. The highest BCUT2D eigenvalue weighted by Crippen LogP contribution is 2.47. The van der Waals surface area contributed by atoms with Crippen LogP contribution in [0, 0.1) is 11.8 Å². The quantitative estimate of drug-likeness (QED) is 0.694. The summed E-state index contributed by atoms with van der Waals surface area (Å²) in [6.07, 6.45) is 4.38. The van der Waals surface area contributed by atoms with Crippen molar-refractivity contribution >= 4 is 10.9 Å². The van der Waals surface area contributed by atoms with Gasteiger partial charge in [-0.25, -0.2) is 0 Å². The van der Waals surface area contributed by atoms with E-state index in [0.29, 0.717) is 25.4 Å². The maximum Gasteiger partial charge on any atom is 0.155 e. The van der Waals surface area contributed by atoms with Gasteiger partial charge in [0.1, 0.15) is 19.2 Å². The topological polar surface area (TPSA) is 33.1 Å². The maximum atomic E-state index is 15.5. The zero-order chi connectivity index (χ0) is 16.0. The number of benzene rings is 1. The lowest BCUT2D eigenvalue weighted by Gasteiger charge is -2.50. The molecular weight excluding hydrogens is 291 g/mol. The molecule has 23 heavy (non-hydrogen) atoms. The summed E-state index contributed by atoms with van der Waals surface area (Å²) < 4.78 is 15.0. The van der Waals surface area contributed by atoms with Crippen LogP contribution in [0.2, 0.25) is 0 Å². The molecule has 3 aliphatic rings. The summed E-state index contributed by atoms with van der Waals surface area (Å²) in [5.74, 6) is 0.669. The second-order valence-electron chi connectivity index (χ2n) is 6.95. The largest absolute Gasteiger partial charge is 0.382 e. The number of fused-ring (bicyclic) bond motifs is 4. The van der Waals surface area contributed by atoms with Crippen molar-refractivity contribution in [3.05, 3.63) is 54.7 Å². The van der Waals surface area contributed by atoms with Crippen LogP contribution >= 0.6 is 0 Å². The molecule has 4 heteroatoms. The number of halogens is 1. The Labute approximate surface area is 135 Å². The van der Waals surface area contributed by atoms with E-state index in [1.807, 2.05) is 36.4 Å². The first kappa shape index (κ1) is 14.8. The van der Waals surface area contributed by atoms with Crippen molar-refractivity contribution in [2.75, 3.05) is 13.1 Å². The first-order valence-corrected chi connectivity index (χ1v) is 8.33. The number of aliphatic hydroxyl groups excluding tert-OH is 1. The minimum Gasteiger partial charge on any atom is -0.382 e. The Morgan fingerprint density at radius 3 is 2.96 bits per heavy atom. The van der Waals surface area contributed by atoms with Crippen molar-refractivity contribution in [2.45, 2.75) is 25.0 Å². The number of para-hydroxylation sites is 1. The van der Waals surface area contributed by atoms with Crippen molar-refractivity contribution in [1.82, 2.24) is 4.98 Å². The third-order valence-electron chi connectivity index (χ3n) is 5.80. The van der Waals surface area contributed by atoms with E-state index in [0.717, 1.165) is 22.9 Å². The van der Waals surface area contributed by atoms with Gasteiger partial charge in [-0.3, -0.25) is 4.98 Å². The van der Waals surface area contributed by atoms with Gasteiger partial charge >= 0.3 is 0 Å². The van der Waals surface area contributed by atoms with Crippen molar-refractivity contribution in [3.8, 4) is 0 Å². The molecule has 0 aliphatic carbocycles. The molecule has 3 nitrogen and oxygen atoms in total. The summed E-state index contributed by atoms with van der Waals surface area (Å²) in [6.45, 7) is 4.80. The van der Waals surface area contributed by atoms with E-state index in [9.17, 15) is 5.11 Å². The number of aliphatic hydroxyl groups is 1. The first-order chi connectivity index (χ1) is 11.1. The summed E-state index contributed by atoms with van der Waals surface area (Å²) in [6, 6.07) is 9.17. The van der Waals surface area contributed by atoms with Crippen LogP contribution in [0.5, 0.6) is 0 Å². The smallest absolute Gasteiger partial charge is 0.155 e. The standard InChI is InChI=1S/C19H22FN2O/c1-2-13-12-22(20)10-8-14(13)11-18(22)19(23)16-7-9-21-17-6-4-3-5-15(16)17/h2-7,9,13-14,18-19,23H,1,8,10-12H2/q+1. The molecule has 4 heterocycles. The predicted octanol–water partition coefficient (Wildman–Crippen LogP) is 3.56. The molecule has 5 rings (SSSR count). The summed E-state index contributed by atoms with van der Waals surface area (Å²) >= 11 is 0. The van der Waals surface area contributed by atoms with Crippen molar-refractivity contribution in [3.63, 3.8) is 0 Å². The van der Waals surface area contributed by atoms with Gasteiger partial charge in [-0.2, -0.15) is 0 Å². The van der Waals surface area contributed by atoms with Crippen LogP contribution in [0.25, 0.3) is 10.9 Å². The Hall–Kier alpha value is -1.78. The van der Waals surface area contributed by atoms with Crippen LogP contribution < -0.4 is 0 Å². The van der Waals surface area contributed by atoms with Crippen LogP contribution in [-0.2, 0) is 0 Å². The normalized spacial score (nSPS) is 34.4.